The van der Waals surface area contributed by atoms with E-state index in [0.29, 0.717) is 6.61 Å². The van der Waals surface area contributed by atoms with Crippen molar-refractivity contribution < 1.29 is 9.84 Å². The fourth-order valence-electron chi connectivity index (χ4n) is 3.09. The summed E-state index contributed by atoms with van der Waals surface area (Å²) in [6.45, 7) is 5.32. The zero-order valence-corrected chi connectivity index (χ0v) is 12.9. The second-order valence-corrected chi connectivity index (χ2v) is 5.62. The van der Waals surface area contributed by atoms with Gasteiger partial charge in [-0.1, -0.05) is 30.3 Å². The molecule has 1 aromatic carbocycles. The average Bonchev–Trinajstić information content (AvgIpc) is 3.03. The molecular weight excluding hydrogens is 278 g/mol. The van der Waals surface area contributed by atoms with Crippen LogP contribution in [0, 0.1) is 0 Å². The summed E-state index contributed by atoms with van der Waals surface area (Å²) in [5, 5.41) is 14.0. The molecule has 0 unspecified atom stereocenters. The molecule has 22 heavy (non-hydrogen) atoms. The molecule has 1 aromatic heterocycles. The molecule has 0 spiro atoms. The Morgan fingerprint density at radius 3 is 2.82 bits per heavy atom. The van der Waals surface area contributed by atoms with Gasteiger partial charge < -0.3 is 9.84 Å². The molecular formula is C17H23N3O2. The van der Waals surface area contributed by atoms with Gasteiger partial charge in [0.25, 0.3) is 0 Å². The van der Waals surface area contributed by atoms with Crippen LogP contribution in [0.5, 0.6) is 0 Å². The highest BCUT2D eigenvalue weighted by atomic mass is 16.5. The number of ether oxygens (including phenoxy) is 1. The molecule has 1 saturated heterocycles. The van der Waals surface area contributed by atoms with E-state index in [9.17, 15) is 5.11 Å². The zero-order chi connectivity index (χ0) is 15.4. The first-order valence-electron chi connectivity index (χ1n) is 7.84. The molecule has 118 valence electrons. The minimum Gasteiger partial charge on any atom is -0.394 e. The van der Waals surface area contributed by atoms with E-state index >= 15 is 0 Å². The highest BCUT2D eigenvalue weighted by Gasteiger charge is 2.33. The minimum atomic E-state index is -0.183. The quantitative estimate of drug-likeness (QED) is 0.915. The first kappa shape index (κ1) is 15.2. The highest BCUT2D eigenvalue weighted by molar-refractivity contribution is 5.21. The Hall–Kier alpha value is -1.69. The fourth-order valence-corrected chi connectivity index (χ4v) is 3.09. The van der Waals surface area contributed by atoms with Gasteiger partial charge in [0.1, 0.15) is 6.10 Å². The van der Waals surface area contributed by atoms with Gasteiger partial charge in [0.15, 0.2) is 0 Å². The molecule has 2 atom stereocenters. The number of aryl methyl sites for hydroxylation is 1. The van der Waals surface area contributed by atoms with Crippen LogP contribution in [0.4, 0.5) is 0 Å². The summed E-state index contributed by atoms with van der Waals surface area (Å²) in [6, 6.07) is 10.4. The van der Waals surface area contributed by atoms with E-state index in [1.54, 1.807) is 0 Å². The lowest BCUT2D eigenvalue weighted by atomic mass is 9.98. The van der Waals surface area contributed by atoms with E-state index in [1.165, 1.54) is 11.1 Å². The number of aliphatic hydroxyl groups excluding tert-OH is 1. The predicted octanol–water partition coefficient (Wildman–Crippen LogP) is 1.84. The summed E-state index contributed by atoms with van der Waals surface area (Å²) in [4.78, 5) is 2.37. The van der Waals surface area contributed by atoms with Gasteiger partial charge in [-0.15, -0.1) is 0 Å². The maximum Gasteiger partial charge on any atom is 0.100 e. The van der Waals surface area contributed by atoms with E-state index in [4.69, 9.17) is 4.74 Å². The molecule has 0 aliphatic carbocycles. The summed E-state index contributed by atoms with van der Waals surface area (Å²) in [5.74, 6) is 0. The Morgan fingerprint density at radius 2 is 2.14 bits per heavy atom. The van der Waals surface area contributed by atoms with Crippen molar-refractivity contribution in [3.63, 3.8) is 0 Å². The third-order valence-electron chi connectivity index (χ3n) is 4.17. The molecule has 0 amide bonds. The van der Waals surface area contributed by atoms with Gasteiger partial charge in [0.2, 0.25) is 0 Å². The van der Waals surface area contributed by atoms with Crippen LogP contribution in [-0.2, 0) is 17.8 Å². The monoisotopic (exact) mass is 301 g/mol. The highest BCUT2D eigenvalue weighted by Crippen LogP contribution is 2.30. The predicted molar refractivity (Wildman–Crippen MR) is 84.3 cm³/mol. The first-order chi connectivity index (χ1) is 10.8. The fraction of sp³-hybridized carbons (Fsp3) is 0.471. The number of aliphatic hydroxyl groups is 1. The summed E-state index contributed by atoms with van der Waals surface area (Å²) in [6.07, 6.45) is 3.83. The second kappa shape index (κ2) is 7.05. The molecule has 0 bridgehead atoms. The van der Waals surface area contributed by atoms with Crippen molar-refractivity contribution >= 4 is 0 Å². The van der Waals surface area contributed by atoms with Gasteiger partial charge in [0, 0.05) is 31.4 Å². The molecule has 2 aromatic rings. The number of morpholine rings is 1. The summed E-state index contributed by atoms with van der Waals surface area (Å²) >= 11 is 0. The largest absolute Gasteiger partial charge is 0.394 e. The Morgan fingerprint density at radius 1 is 1.32 bits per heavy atom. The van der Waals surface area contributed by atoms with E-state index in [2.05, 4.69) is 35.3 Å². The normalized spacial score (nSPS) is 22.8. The summed E-state index contributed by atoms with van der Waals surface area (Å²) in [5.41, 5.74) is 2.38. The van der Waals surface area contributed by atoms with Crippen LogP contribution in [0.1, 0.15) is 24.1 Å². The summed E-state index contributed by atoms with van der Waals surface area (Å²) < 4.78 is 7.72. The Balaban J connectivity index is 1.83. The van der Waals surface area contributed by atoms with Gasteiger partial charge in [-0.3, -0.25) is 9.58 Å². The number of hydrogen-bond acceptors (Lipinski definition) is 4. The minimum absolute atomic E-state index is 0.0320. The van der Waals surface area contributed by atoms with Crippen molar-refractivity contribution in [1.29, 1.82) is 0 Å². The molecule has 0 radical (unpaired) electrons. The molecule has 1 aliphatic rings. The molecule has 5 heteroatoms. The Bertz CT molecular complexity index is 585. The molecule has 2 heterocycles. The van der Waals surface area contributed by atoms with Gasteiger partial charge in [-0.25, -0.2) is 0 Å². The van der Waals surface area contributed by atoms with Crippen LogP contribution in [0.3, 0.4) is 0 Å². The number of benzene rings is 1. The van der Waals surface area contributed by atoms with Crippen molar-refractivity contribution in [2.24, 2.45) is 0 Å². The van der Waals surface area contributed by atoms with Crippen LogP contribution < -0.4 is 0 Å². The molecule has 1 fully saturated rings. The smallest absolute Gasteiger partial charge is 0.100 e. The van der Waals surface area contributed by atoms with Crippen LogP contribution in [-0.4, -0.2) is 45.6 Å². The van der Waals surface area contributed by atoms with Gasteiger partial charge in [-0.2, -0.15) is 5.10 Å². The molecule has 0 saturated carbocycles. The second-order valence-electron chi connectivity index (χ2n) is 5.62. The Kier molecular flexibility index (Phi) is 4.87. The van der Waals surface area contributed by atoms with Crippen LogP contribution in [0.25, 0.3) is 0 Å². The van der Waals surface area contributed by atoms with Crippen molar-refractivity contribution in [1.82, 2.24) is 14.7 Å². The number of hydrogen-bond donors (Lipinski definition) is 1. The third-order valence-corrected chi connectivity index (χ3v) is 4.17. The van der Waals surface area contributed by atoms with Crippen molar-refractivity contribution in [3.05, 3.63) is 53.9 Å². The van der Waals surface area contributed by atoms with Crippen molar-refractivity contribution in [2.75, 3.05) is 19.8 Å². The number of rotatable bonds is 5. The van der Waals surface area contributed by atoms with Crippen LogP contribution in [0.15, 0.2) is 42.7 Å². The lowest BCUT2D eigenvalue weighted by molar-refractivity contribution is -0.0960. The Labute approximate surface area is 131 Å². The molecule has 1 aliphatic heterocycles. The third kappa shape index (κ3) is 3.21. The van der Waals surface area contributed by atoms with E-state index in [-0.39, 0.29) is 18.8 Å². The number of aromatic nitrogens is 2. The topological polar surface area (TPSA) is 50.5 Å². The summed E-state index contributed by atoms with van der Waals surface area (Å²) in [7, 11) is 0. The number of nitrogens with zero attached hydrogens (tertiary/aromatic N) is 3. The standard InChI is InChI=1S/C17H23N3O2/c1-2-20-12-14(10-18-20)11-19-8-9-22-16(13-21)17(19)15-6-4-3-5-7-15/h3-7,10,12,16-17,21H,2,8-9,11,13H2,1H3/t16-,17-/m1/s1. The molecule has 3 rings (SSSR count). The maximum atomic E-state index is 9.68. The molecule has 1 N–H and O–H groups in total. The first-order valence-corrected chi connectivity index (χ1v) is 7.84. The van der Waals surface area contributed by atoms with E-state index in [0.717, 1.165) is 19.6 Å². The SMILES string of the molecule is CCn1cc(CN2CCO[C@H](CO)[C@H]2c2ccccc2)cn1. The van der Waals surface area contributed by atoms with Gasteiger partial charge in [0.05, 0.1) is 25.5 Å². The molecule has 5 nitrogen and oxygen atoms in total. The van der Waals surface area contributed by atoms with Crippen LogP contribution >= 0.6 is 0 Å². The zero-order valence-electron chi connectivity index (χ0n) is 12.9. The van der Waals surface area contributed by atoms with Crippen LogP contribution in [0.2, 0.25) is 0 Å². The van der Waals surface area contributed by atoms with E-state index < -0.39 is 0 Å². The van der Waals surface area contributed by atoms with Gasteiger partial charge >= 0.3 is 0 Å². The van der Waals surface area contributed by atoms with Gasteiger partial charge in [-0.05, 0) is 12.5 Å². The lowest BCUT2D eigenvalue weighted by Gasteiger charge is -2.40. The van der Waals surface area contributed by atoms with Crippen molar-refractivity contribution in [3.8, 4) is 0 Å². The lowest BCUT2D eigenvalue weighted by Crippen LogP contribution is -2.46. The van der Waals surface area contributed by atoms with E-state index in [1.807, 2.05) is 29.1 Å². The average molecular weight is 301 g/mol. The van der Waals surface area contributed by atoms with Crippen molar-refractivity contribution in [2.45, 2.75) is 32.2 Å². The maximum absolute atomic E-state index is 9.68.